The predicted molar refractivity (Wildman–Crippen MR) is 72.1 cm³/mol. The monoisotopic (exact) mass is 250 g/mol. The highest BCUT2D eigenvalue weighted by molar-refractivity contribution is 5.45. The Kier molecular flexibility index (Phi) is 4.12. The third-order valence-electron chi connectivity index (χ3n) is 4.21. The highest BCUT2D eigenvalue weighted by atomic mass is 16.5. The average Bonchev–Trinajstić information content (AvgIpc) is 2.88. The van der Waals surface area contributed by atoms with E-state index in [2.05, 4.69) is 17.9 Å². The minimum absolute atomic E-state index is 0.321. The Morgan fingerprint density at radius 1 is 1.11 bits per heavy atom. The molecular formula is C15H24NO2+. The number of quaternary nitrogens is 1. The third kappa shape index (κ3) is 2.32. The van der Waals surface area contributed by atoms with Gasteiger partial charge < -0.3 is 15.2 Å². The maximum atomic E-state index is 5.42. The van der Waals surface area contributed by atoms with E-state index in [0.29, 0.717) is 5.41 Å². The normalized spacial score (nSPS) is 17.7. The van der Waals surface area contributed by atoms with Gasteiger partial charge in [-0.1, -0.05) is 18.9 Å². The second kappa shape index (κ2) is 5.61. The lowest BCUT2D eigenvalue weighted by Crippen LogP contribution is -2.52. The minimum atomic E-state index is 0.321. The first-order valence-electron chi connectivity index (χ1n) is 6.77. The van der Waals surface area contributed by atoms with Crippen LogP contribution < -0.4 is 15.2 Å². The van der Waals surface area contributed by atoms with Gasteiger partial charge in [0.15, 0.2) is 11.5 Å². The molecule has 3 N–H and O–H groups in total. The molecule has 3 heteroatoms. The van der Waals surface area contributed by atoms with Crippen molar-refractivity contribution in [2.45, 2.75) is 37.5 Å². The highest BCUT2D eigenvalue weighted by Gasteiger charge is 2.35. The summed E-state index contributed by atoms with van der Waals surface area (Å²) in [4.78, 5) is 0. The molecule has 0 unspecified atom stereocenters. The van der Waals surface area contributed by atoms with Crippen LogP contribution in [0.4, 0.5) is 0 Å². The first kappa shape index (κ1) is 13.2. The molecule has 0 aromatic heterocycles. The summed E-state index contributed by atoms with van der Waals surface area (Å²) in [5.74, 6) is 1.65. The van der Waals surface area contributed by atoms with Crippen molar-refractivity contribution >= 4 is 0 Å². The van der Waals surface area contributed by atoms with Crippen LogP contribution in [0.25, 0.3) is 0 Å². The van der Waals surface area contributed by atoms with Crippen molar-refractivity contribution in [2.75, 3.05) is 20.8 Å². The van der Waals surface area contributed by atoms with Crippen molar-refractivity contribution in [1.82, 2.24) is 0 Å². The van der Waals surface area contributed by atoms with Crippen LogP contribution in [0.15, 0.2) is 18.2 Å². The molecule has 0 atom stereocenters. The van der Waals surface area contributed by atoms with E-state index < -0.39 is 0 Å². The van der Waals surface area contributed by atoms with Crippen LogP contribution in [-0.4, -0.2) is 20.8 Å². The van der Waals surface area contributed by atoms with E-state index in [4.69, 9.17) is 9.47 Å². The zero-order valence-electron chi connectivity index (χ0n) is 11.5. The quantitative estimate of drug-likeness (QED) is 0.870. The molecule has 0 radical (unpaired) electrons. The molecule has 1 aliphatic rings. The minimum Gasteiger partial charge on any atom is -0.493 e. The van der Waals surface area contributed by atoms with Crippen LogP contribution in [0.1, 0.15) is 37.7 Å². The molecule has 0 spiro atoms. The summed E-state index contributed by atoms with van der Waals surface area (Å²) in [6, 6.07) is 6.37. The Hall–Kier alpha value is -1.22. The zero-order valence-corrected chi connectivity index (χ0v) is 11.5. The van der Waals surface area contributed by atoms with Crippen molar-refractivity contribution in [2.24, 2.45) is 0 Å². The fourth-order valence-corrected chi connectivity index (χ4v) is 3.24. The number of ether oxygens (including phenoxy) is 2. The fraction of sp³-hybridized carbons (Fsp3) is 0.600. The summed E-state index contributed by atoms with van der Waals surface area (Å²) in [6.07, 6.45) is 6.38. The Labute approximate surface area is 109 Å². The van der Waals surface area contributed by atoms with Gasteiger partial charge >= 0.3 is 0 Å². The molecule has 1 aliphatic carbocycles. The van der Waals surface area contributed by atoms with Crippen molar-refractivity contribution < 1.29 is 15.2 Å². The lowest BCUT2D eigenvalue weighted by Gasteiger charge is -2.29. The summed E-state index contributed by atoms with van der Waals surface area (Å²) in [7, 11) is 3.38. The molecule has 0 saturated heterocycles. The lowest BCUT2D eigenvalue weighted by molar-refractivity contribution is -0.370. The molecule has 1 aromatic carbocycles. The lowest BCUT2D eigenvalue weighted by atomic mass is 9.76. The summed E-state index contributed by atoms with van der Waals surface area (Å²) in [5.41, 5.74) is 5.75. The first-order valence-corrected chi connectivity index (χ1v) is 6.77. The van der Waals surface area contributed by atoms with Crippen LogP contribution in [0, 0.1) is 0 Å². The predicted octanol–water partition coefficient (Wildman–Crippen LogP) is 2.15. The average molecular weight is 250 g/mol. The van der Waals surface area contributed by atoms with Crippen LogP contribution in [0.2, 0.25) is 0 Å². The number of hydrogen-bond donors (Lipinski definition) is 1. The topological polar surface area (TPSA) is 46.1 Å². The zero-order chi connectivity index (χ0) is 13.0. The molecule has 3 nitrogen and oxygen atoms in total. The Morgan fingerprint density at radius 3 is 2.33 bits per heavy atom. The Balaban J connectivity index is 2.36. The van der Waals surface area contributed by atoms with Gasteiger partial charge in [0.1, 0.15) is 0 Å². The first-order chi connectivity index (χ1) is 8.75. The molecule has 1 saturated carbocycles. The molecule has 0 bridgehead atoms. The SMILES string of the molecule is COc1ccc(C2(CC[NH3+])CCCC2)cc1OC. The molecule has 0 amide bonds. The van der Waals surface area contributed by atoms with E-state index in [0.717, 1.165) is 18.0 Å². The molecule has 0 aliphatic heterocycles. The number of methoxy groups -OCH3 is 2. The molecule has 1 fully saturated rings. The Bertz CT molecular complexity index is 397. The number of hydrogen-bond acceptors (Lipinski definition) is 2. The van der Waals surface area contributed by atoms with Gasteiger partial charge in [-0.25, -0.2) is 0 Å². The van der Waals surface area contributed by atoms with E-state index in [1.807, 2.05) is 6.07 Å². The molecule has 1 aromatic rings. The van der Waals surface area contributed by atoms with Gasteiger partial charge in [0.05, 0.1) is 20.8 Å². The van der Waals surface area contributed by atoms with E-state index in [1.165, 1.54) is 37.7 Å². The van der Waals surface area contributed by atoms with Gasteiger partial charge in [-0.3, -0.25) is 0 Å². The summed E-state index contributed by atoms with van der Waals surface area (Å²) >= 11 is 0. The van der Waals surface area contributed by atoms with Gasteiger partial charge in [-0.05, 0) is 30.5 Å². The standard InChI is InChI=1S/C15H23NO2/c1-17-13-6-5-12(11-14(13)18-2)15(9-10-16)7-3-4-8-15/h5-6,11H,3-4,7-10,16H2,1-2H3/p+1. The second-order valence-corrected chi connectivity index (χ2v) is 5.16. The molecule has 100 valence electrons. The Morgan fingerprint density at radius 2 is 1.78 bits per heavy atom. The van der Waals surface area contributed by atoms with Gasteiger partial charge in [0.25, 0.3) is 0 Å². The van der Waals surface area contributed by atoms with Crippen LogP contribution >= 0.6 is 0 Å². The maximum Gasteiger partial charge on any atom is 0.161 e. The summed E-state index contributed by atoms with van der Waals surface area (Å²) in [6.45, 7) is 0.994. The van der Waals surface area contributed by atoms with E-state index in [-0.39, 0.29) is 0 Å². The molecular weight excluding hydrogens is 226 g/mol. The van der Waals surface area contributed by atoms with Crippen LogP contribution in [-0.2, 0) is 5.41 Å². The largest absolute Gasteiger partial charge is 0.493 e. The van der Waals surface area contributed by atoms with Crippen molar-refractivity contribution in [3.63, 3.8) is 0 Å². The highest BCUT2D eigenvalue weighted by Crippen LogP contribution is 2.45. The molecule has 2 rings (SSSR count). The van der Waals surface area contributed by atoms with Gasteiger partial charge in [-0.2, -0.15) is 0 Å². The number of benzene rings is 1. The van der Waals surface area contributed by atoms with Crippen molar-refractivity contribution in [1.29, 1.82) is 0 Å². The van der Waals surface area contributed by atoms with Crippen molar-refractivity contribution in [3.8, 4) is 11.5 Å². The summed E-state index contributed by atoms with van der Waals surface area (Å²) in [5, 5.41) is 0. The number of rotatable bonds is 5. The molecule has 0 heterocycles. The molecule has 18 heavy (non-hydrogen) atoms. The van der Waals surface area contributed by atoms with Gasteiger partial charge in [0.2, 0.25) is 0 Å². The fourth-order valence-electron chi connectivity index (χ4n) is 3.24. The van der Waals surface area contributed by atoms with Crippen LogP contribution in [0.5, 0.6) is 11.5 Å². The van der Waals surface area contributed by atoms with Gasteiger partial charge in [-0.15, -0.1) is 0 Å². The van der Waals surface area contributed by atoms with E-state index in [9.17, 15) is 0 Å². The van der Waals surface area contributed by atoms with Crippen molar-refractivity contribution in [3.05, 3.63) is 23.8 Å². The van der Waals surface area contributed by atoms with E-state index >= 15 is 0 Å². The van der Waals surface area contributed by atoms with Gasteiger partial charge in [0, 0.05) is 11.8 Å². The second-order valence-electron chi connectivity index (χ2n) is 5.16. The summed E-state index contributed by atoms with van der Waals surface area (Å²) < 4.78 is 10.7. The van der Waals surface area contributed by atoms with E-state index in [1.54, 1.807) is 14.2 Å². The third-order valence-corrected chi connectivity index (χ3v) is 4.21. The maximum absolute atomic E-state index is 5.42. The van der Waals surface area contributed by atoms with Crippen LogP contribution in [0.3, 0.4) is 0 Å². The smallest absolute Gasteiger partial charge is 0.161 e.